The van der Waals surface area contributed by atoms with Crippen LogP contribution in [0.4, 0.5) is 4.79 Å². The zero-order valence-corrected chi connectivity index (χ0v) is 10.6. The van der Waals surface area contributed by atoms with E-state index < -0.39 is 11.7 Å². The van der Waals surface area contributed by atoms with Crippen LogP contribution in [-0.2, 0) is 9.53 Å². The molecule has 4 nitrogen and oxygen atoms in total. The van der Waals surface area contributed by atoms with Crippen molar-refractivity contribution < 1.29 is 14.3 Å². The number of nitrogens with zero attached hydrogens (tertiary/aromatic N) is 1. The Kier molecular flexibility index (Phi) is 4.33. The average molecular weight is 268 g/mol. The lowest BCUT2D eigenvalue weighted by molar-refractivity contribution is -0.124. The third-order valence-electron chi connectivity index (χ3n) is 2.98. The first-order valence-electron chi connectivity index (χ1n) is 5.83. The van der Waals surface area contributed by atoms with Gasteiger partial charge in [-0.3, -0.25) is 9.69 Å². The van der Waals surface area contributed by atoms with Crippen molar-refractivity contribution in [2.45, 2.75) is 19.1 Å². The normalized spacial score (nSPS) is 18.4. The third kappa shape index (κ3) is 3.31. The van der Waals surface area contributed by atoms with Crippen molar-refractivity contribution in [2.24, 2.45) is 0 Å². The van der Waals surface area contributed by atoms with E-state index in [4.69, 9.17) is 16.3 Å². The molecule has 1 saturated heterocycles. The molecule has 1 fully saturated rings. The van der Waals surface area contributed by atoms with Gasteiger partial charge in [-0.1, -0.05) is 30.3 Å². The molecule has 1 aliphatic rings. The van der Waals surface area contributed by atoms with Crippen LogP contribution in [0.15, 0.2) is 30.3 Å². The third-order valence-corrected chi connectivity index (χ3v) is 3.07. The minimum atomic E-state index is -0.833. The number of likely N-dealkylation sites (tertiary alicyclic amines) is 1. The summed E-state index contributed by atoms with van der Waals surface area (Å²) in [6.07, 6.45) is 0.469. The molecule has 96 valence electrons. The Bertz CT molecular complexity index is 425. The SMILES string of the molecule is O=C1CCN(C(OC(=O)Cl)c2ccccc2)CC1. The highest BCUT2D eigenvalue weighted by molar-refractivity contribution is 6.61. The van der Waals surface area contributed by atoms with Gasteiger partial charge in [0, 0.05) is 43.1 Å². The summed E-state index contributed by atoms with van der Waals surface area (Å²) in [5.74, 6) is 0.246. The van der Waals surface area contributed by atoms with Gasteiger partial charge in [0.1, 0.15) is 5.78 Å². The summed E-state index contributed by atoms with van der Waals surface area (Å²) < 4.78 is 5.15. The standard InChI is InChI=1S/C13H14ClNO3/c14-13(17)18-12(10-4-2-1-3-5-10)15-8-6-11(16)7-9-15/h1-5,12H,6-9H2. The van der Waals surface area contributed by atoms with Gasteiger partial charge in [0.15, 0.2) is 6.23 Å². The van der Waals surface area contributed by atoms with Crippen molar-refractivity contribution in [2.75, 3.05) is 13.1 Å². The number of benzene rings is 1. The van der Waals surface area contributed by atoms with E-state index in [9.17, 15) is 9.59 Å². The maximum atomic E-state index is 11.2. The number of carbonyl (C=O) groups excluding carboxylic acids is 2. The van der Waals surface area contributed by atoms with E-state index >= 15 is 0 Å². The fraction of sp³-hybridized carbons (Fsp3) is 0.385. The molecule has 0 aromatic heterocycles. The maximum absolute atomic E-state index is 11.2. The van der Waals surface area contributed by atoms with E-state index in [1.54, 1.807) is 0 Å². The van der Waals surface area contributed by atoms with Crippen LogP contribution < -0.4 is 0 Å². The molecule has 0 saturated carbocycles. The maximum Gasteiger partial charge on any atom is 0.405 e. The molecule has 0 amide bonds. The lowest BCUT2D eigenvalue weighted by Gasteiger charge is -2.32. The Hall–Kier alpha value is -1.39. The minimum absolute atomic E-state index is 0.246. The van der Waals surface area contributed by atoms with Gasteiger partial charge in [0.05, 0.1) is 0 Å². The van der Waals surface area contributed by atoms with Crippen molar-refractivity contribution in [1.82, 2.24) is 4.90 Å². The topological polar surface area (TPSA) is 46.6 Å². The fourth-order valence-corrected chi connectivity index (χ4v) is 2.15. The van der Waals surface area contributed by atoms with Crippen LogP contribution in [0.3, 0.4) is 0 Å². The molecule has 0 N–H and O–H groups in total. The molecule has 1 aromatic carbocycles. The predicted octanol–water partition coefficient (Wildman–Crippen LogP) is 2.73. The minimum Gasteiger partial charge on any atom is -0.430 e. The zero-order chi connectivity index (χ0) is 13.0. The van der Waals surface area contributed by atoms with Crippen LogP contribution in [0.25, 0.3) is 0 Å². The van der Waals surface area contributed by atoms with Crippen LogP contribution in [0, 0.1) is 0 Å². The summed E-state index contributed by atoms with van der Waals surface area (Å²) >= 11 is 5.32. The number of hydrogen-bond acceptors (Lipinski definition) is 4. The first-order valence-corrected chi connectivity index (χ1v) is 6.21. The molecular formula is C13H14ClNO3. The molecule has 0 aliphatic carbocycles. The fourth-order valence-electron chi connectivity index (χ4n) is 2.07. The molecule has 0 spiro atoms. The Balaban J connectivity index is 2.15. The van der Waals surface area contributed by atoms with Gasteiger partial charge in [0.25, 0.3) is 0 Å². The summed E-state index contributed by atoms with van der Waals surface area (Å²) in [5, 5.41) is 0. The van der Waals surface area contributed by atoms with Crippen molar-refractivity contribution in [1.29, 1.82) is 0 Å². The van der Waals surface area contributed by atoms with E-state index in [2.05, 4.69) is 0 Å². The van der Waals surface area contributed by atoms with Crippen LogP contribution in [0.2, 0.25) is 0 Å². The monoisotopic (exact) mass is 267 g/mol. The number of rotatable bonds is 3. The molecule has 1 unspecified atom stereocenters. The highest BCUT2D eigenvalue weighted by atomic mass is 35.5. The number of ether oxygens (including phenoxy) is 1. The van der Waals surface area contributed by atoms with Gasteiger partial charge in [-0.05, 0) is 0 Å². The second kappa shape index (κ2) is 5.98. The van der Waals surface area contributed by atoms with E-state index in [-0.39, 0.29) is 5.78 Å². The van der Waals surface area contributed by atoms with E-state index in [0.29, 0.717) is 25.9 Å². The summed E-state index contributed by atoms with van der Waals surface area (Å²) in [7, 11) is 0. The smallest absolute Gasteiger partial charge is 0.405 e. The Morgan fingerprint density at radius 2 is 1.83 bits per heavy atom. The van der Waals surface area contributed by atoms with Gasteiger partial charge in [-0.25, -0.2) is 4.79 Å². The van der Waals surface area contributed by atoms with Crippen molar-refractivity contribution >= 4 is 22.8 Å². The van der Waals surface area contributed by atoms with Gasteiger partial charge in [0.2, 0.25) is 0 Å². The van der Waals surface area contributed by atoms with Gasteiger partial charge in [-0.15, -0.1) is 0 Å². The lowest BCUT2D eigenvalue weighted by atomic mass is 10.1. The van der Waals surface area contributed by atoms with E-state index in [1.165, 1.54) is 0 Å². The number of Topliss-reactive ketones (excluding diaryl/α,β-unsaturated/α-hetero) is 1. The Labute approximate surface area is 110 Å². The highest BCUT2D eigenvalue weighted by Crippen LogP contribution is 2.25. The Morgan fingerprint density at radius 1 is 1.22 bits per heavy atom. The molecule has 5 heteroatoms. The van der Waals surface area contributed by atoms with Crippen molar-refractivity contribution in [3.05, 3.63) is 35.9 Å². The lowest BCUT2D eigenvalue weighted by Crippen LogP contribution is -2.38. The molecule has 0 bridgehead atoms. The van der Waals surface area contributed by atoms with Crippen molar-refractivity contribution in [3.63, 3.8) is 0 Å². The van der Waals surface area contributed by atoms with E-state index in [0.717, 1.165) is 5.56 Å². The predicted molar refractivity (Wildman–Crippen MR) is 67.3 cm³/mol. The largest absolute Gasteiger partial charge is 0.430 e. The average Bonchev–Trinajstić information content (AvgIpc) is 2.38. The van der Waals surface area contributed by atoms with Crippen LogP contribution in [0.1, 0.15) is 24.6 Å². The molecular weight excluding hydrogens is 254 g/mol. The van der Waals surface area contributed by atoms with Crippen LogP contribution in [-0.4, -0.2) is 29.2 Å². The second-order valence-electron chi connectivity index (χ2n) is 4.19. The number of piperidine rings is 1. The van der Waals surface area contributed by atoms with Gasteiger partial charge < -0.3 is 4.74 Å². The highest BCUT2D eigenvalue weighted by Gasteiger charge is 2.27. The second-order valence-corrected chi connectivity index (χ2v) is 4.50. The molecule has 1 heterocycles. The number of hydrogen-bond donors (Lipinski definition) is 0. The first kappa shape index (κ1) is 13.1. The first-order chi connectivity index (χ1) is 8.66. The molecule has 1 atom stereocenters. The van der Waals surface area contributed by atoms with Crippen molar-refractivity contribution in [3.8, 4) is 0 Å². The summed E-state index contributed by atoms with van der Waals surface area (Å²) in [6.45, 7) is 1.17. The summed E-state index contributed by atoms with van der Waals surface area (Å²) in [6, 6.07) is 9.39. The Morgan fingerprint density at radius 3 is 2.39 bits per heavy atom. The number of halogens is 1. The quantitative estimate of drug-likeness (QED) is 0.790. The zero-order valence-electron chi connectivity index (χ0n) is 9.84. The number of ketones is 1. The molecule has 2 rings (SSSR count). The summed E-state index contributed by atoms with van der Waals surface area (Å²) in [4.78, 5) is 24.2. The molecule has 18 heavy (non-hydrogen) atoms. The van der Waals surface area contributed by atoms with Gasteiger partial charge in [-0.2, -0.15) is 0 Å². The molecule has 1 aromatic rings. The molecule has 1 aliphatic heterocycles. The van der Waals surface area contributed by atoms with E-state index in [1.807, 2.05) is 35.2 Å². The van der Waals surface area contributed by atoms with Gasteiger partial charge >= 0.3 is 5.43 Å². The number of carbonyl (C=O) groups is 2. The summed E-state index contributed by atoms with van der Waals surface area (Å²) in [5.41, 5.74) is 0.0293. The van der Waals surface area contributed by atoms with Crippen LogP contribution in [0.5, 0.6) is 0 Å². The molecule has 0 radical (unpaired) electrons. The van der Waals surface area contributed by atoms with Crippen LogP contribution >= 0.6 is 11.6 Å².